The molecule has 0 bridgehead atoms. The lowest BCUT2D eigenvalue weighted by molar-refractivity contribution is 0.595. The minimum atomic E-state index is -3.81. The summed E-state index contributed by atoms with van der Waals surface area (Å²) in [6, 6.07) is 11.0. The van der Waals surface area contributed by atoms with E-state index >= 15 is 0 Å². The number of nitrogen functional groups attached to an aromatic ring is 1. The maximum atomic E-state index is 12.6. The zero-order chi connectivity index (χ0) is 17.5. The van der Waals surface area contributed by atoms with Crippen LogP contribution in [-0.2, 0) is 15.6 Å². The summed E-state index contributed by atoms with van der Waals surface area (Å²) in [5, 5.41) is 1.49. The molecule has 1 heterocycles. The largest absolute Gasteiger partial charge is 0.398 e. The highest BCUT2D eigenvalue weighted by atomic mass is 35.5. The number of halogens is 2. The van der Waals surface area contributed by atoms with Crippen LogP contribution in [0.1, 0.15) is 5.56 Å². The van der Waals surface area contributed by atoms with Crippen molar-refractivity contribution >= 4 is 60.1 Å². The minimum absolute atomic E-state index is 0.226. The molecule has 2 N–H and O–H groups in total. The van der Waals surface area contributed by atoms with Crippen LogP contribution in [-0.4, -0.2) is 8.42 Å². The van der Waals surface area contributed by atoms with Gasteiger partial charge in [0, 0.05) is 9.72 Å². The van der Waals surface area contributed by atoms with Gasteiger partial charge in [0.05, 0.1) is 16.5 Å². The topological polar surface area (TPSA) is 77.2 Å². The second-order valence-corrected chi connectivity index (χ2v) is 9.01. The molecule has 0 unspecified atom stereocenters. The van der Waals surface area contributed by atoms with Gasteiger partial charge < -0.3 is 5.73 Å². The monoisotopic (exact) mass is 399 g/mol. The molecule has 0 atom stereocenters. The van der Waals surface area contributed by atoms with Gasteiger partial charge in [-0.25, -0.2) is 8.42 Å². The molecule has 0 saturated carbocycles. The van der Waals surface area contributed by atoms with Gasteiger partial charge in [-0.15, -0.1) is 0 Å². The summed E-state index contributed by atoms with van der Waals surface area (Å²) in [4.78, 5) is 12.0. The number of nitrogens with two attached hydrogens (primary N) is 1. The summed E-state index contributed by atoms with van der Waals surface area (Å²) >= 11 is 12.6. The Kier molecular flexibility index (Phi) is 4.57. The lowest BCUT2D eigenvalue weighted by Gasteiger charge is -2.07. The first-order chi connectivity index (χ1) is 11.3. The van der Waals surface area contributed by atoms with Crippen molar-refractivity contribution in [2.45, 2.75) is 10.6 Å². The second kappa shape index (κ2) is 6.37. The number of rotatable bonds is 3. The average molecular weight is 400 g/mol. The van der Waals surface area contributed by atoms with E-state index in [4.69, 9.17) is 28.9 Å². The molecule has 3 aromatic rings. The zero-order valence-electron chi connectivity index (χ0n) is 12.1. The van der Waals surface area contributed by atoms with E-state index in [9.17, 15) is 13.2 Å². The van der Waals surface area contributed by atoms with Gasteiger partial charge in [0.25, 0.3) is 4.74 Å². The van der Waals surface area contributed by atoms with Crippen molar-refractivity contribution in [3.8, 4) is 0 Å². The van der Waals surface area contributed by atoms with Gasteiger partial charge in [-0.3, -0.25) is 4.79 Å². The summed E-state index contributed by atoms with van der Waals surface area (Å²) in [6.45, 7) is 0. The highest BCUT2D eigenvalue weighted by molar-refractivity contribution is 7.90. The number of benzene rings is 2. The molecule has 8 heteroatoms. The molecule has 0 aliphatic heterocycles. The standard InChI is InChI=1S/C16H11Cl2NO3S2/c17-11-3-2-10-6-15(16(20)23-14(10)7-11)24(21,22)8-9-1-4-12(18)13(19)5-9/h1-7H,8,19H2. The van der Waals surface area contributed by atoms with Crippen molar-refractivity contribution < 1.29 is 8.42 Å². The van der Waals surface area contributed by atoms with E-state index in [1.54, 1.807) is 24.3 Å². The lowest BCUT2D eigenvalue weighted by atomic mass is 10.2. The maximum Gasteiger partial charge on any atom is 0.251 e. The SMILES string of the molecule is Nc1cc(CS(=O)(=O)c2cc3ccc(Cl)cc3sc2=O)ccc1Cl. The first kappa shape index (κ1) is 17.2. The normalized spacial score (nSPS) is 11.8. The quantitative estimate of drug-likeness (QED) is 0.671. The molecule has 0 aliphatic rings. The molecule has 3 rings (SSSR count). The highest BCUT2D eigenvalue weighted by Crippen LogP contribution is 2.26. The van der Waals surface area contributed by atoms with E-state index in [0.29, 0.717) is 31.4 Å². The van der Waals surface area contributed by atoms with Gasteiger partial charge >= 0.3 is 0 Å². The van der Waals surface area contributed by atoms with Crippen LogP contribution < -0.4 is 10.5 Å². The van der Waals surface area contributed by atoms with E-state index in [0.717, 1.165) is 11.3 Å². The molecule has 0 amide bonds. The fraction of sp³-hybridized carbons (Fsp3) is 0.0625. The summed E-state index contributed by atoms with van der Waals surface area (Å²) in [5.74, 6) is -0.324. The first-order valence-electron chi connectivity index (χ1n) is 6.76. The average Bonchev–Trinajstić information content (AvgIpc) is 2.49. The van der Waals surface area contributed by atoms with Crippen molar-refractivity contribution in [2.75, 3.05) is 5.73 Å². The third kappa shape index (κ3) is 3.42. The van der Waals surface area contributed by atoms with Crippen molar-refractivity contribution in [1.82, 2.24) is 0 Å². The van der Waals surface area contributed by atoms with Crippen molar-refractivity contribution in [3.05, 3.63) is 67.6 Å². The summed E-state index contributed by atoms with van der Waals surface area (Å²) < 4.78 is 25.4. The van der Waals surface area contributed by atoms with Crippen LogP contribution in [0.4, 0.5) is 5.69 Å². The highest BCUT2D eigenvalue weighted by Gasteiger charge is 2.20. The Morgan fingerprint density at radius 1 is 1.04 bits per heavy atom. The number of sulfone groups is 1. The molecule has 0 spiro atoms. The Hall–Kier alpha value is -1.60. The molecular weight excluding hydrogens is 389 g/mol. The molecule has 124 valence electrons. The predicted octanol–water partition coefficient (Wildman–Crippen LogP) is 4.12. The van der Waals surface area contributed by atoms with E-state index in [-0.39, 0.29) is 10.6 Å². The smallest absolute Gasteiger partial charge is 0.251 e. The van der Waals surface area contributed by atoms with Crippen LogP contribution in [0.3, 0.4) is 0 Å². The fourth-order valence-electron chi connectivity index (χ4n) is 2.26. The van der Waals surface area contributed by atoms with Crippen LogP contribution in [0.25, 0.3) is 10.1 Å². The third-order valence-corrected chi connectivity index (χ3v) is 6.79. The molecule has 24 heavy (non-hydrogen) atoms. The second-order valence-electron chi connectivity index (χ2n) is 5.20. The molecule has 2 aromatic carbocycles. The van der Waals surface area contributed by atoms with E-state index in [1.807, 2.05) is 0 Å². The fourth-order valence-corrected chi connectivity index (χ4v) is 5.25. The van der Waals surface area contributed by atoms with Crippen LogP contribution in [0.5, 0.6) is 0 Å². The Bertz CT molecular complexity index is 1110. The third-order valence-electron chi connectivity index (χ3n) is 3.42. The Morgan fingerprint density at radius 2 is 1.79 bits per heavy atom. The summed E-state index contributed by atoms with van der Waals surface area (Å²) in [6.07, 6.45) is 0. The van der Waals surface area contributed by atoms with E-state index in [1.165, 1.54) is 18.2 Å². The van der Waals surface area contributed by atoms with E-state index < -0.39 is 14.6 Å². The van der Waals surface area contributed by atoms with Crippen molar-refractivity contribution in [2.24, 2.45) is 0 Å². The number of anilines is 1. The maximum absolute atomic E-state index is 12.6. The van der Waals surface area contributed by atoms with Crippen molar-refractivity contribution in [1.29, 1.82) is 0 Å². The number of fused-ring (bicyclic) bond motifs is 1. The zero-order valence-corrected chi connectivity index (χ0v) is 15.3. The number of hydrogen-bond acceptors (Lipinski definition) is 5. The van der Waals surface area contributed by atoms with Gasteiger partial charge in [-0.2, -0.15) is 0 Å². The van der Waals surface area contributed by atoms with Gasteiger partial charge in [-0.1, -0.05) is 46.7 Å². The summed E-state index contributed by atoms with van der Waals surface area (Å²) in [7, 11) is -3.81. The first-order valence-corrected chi connectivity index (χ1v) is 9.99. The Morgan fingerprint density at radius 3 is 2.50 bits per heavy atom. The van der Waals surface area contributed by atoms with Crippen molar-refractivity contribution in [3.63, 3.8) is 0 Å². The van der Waals surface area contributed by atoms with Gasteiger partial charge in [-0.05, 0) is 41.3 Å². The number of hydrogen-bond donors (Lipinski definition) is 1. The van der Waals surface area contributed by atoms with Crippen LogP contribution >= 0.6 is 34.5 Å². The molecular formula is C16H11Cl2NO3S2. The van der Waals surface area contributed by atoms with Crippen LogP contribution in [0.2, 0.25) is 10.0 Å². The van der Waals surface area contributed by atoms with Gasteiger partial charge in [0.15, 0.2) is 9.84 Å². The molecule has 1 aromatic heterocycles. The minimum Gasteiger partial charge on any atom is -0.398 e. The van der Waals surface area contributed by atoms with Gasteiger partial charge in [0.2, 0.25) is 0 Å². The van der Waals surface area contributed by atoms with Crippen LogP contribution in [0.15, 0.2) is 52.2 Å². The Labute approximate surface area is 152 Å². The van der Waals surface area contributed by atoms with E-state index in [2.05, 4.69) is 0 Å². The molecule has 0 fully saturated rings. The van der Waals surface area contributed by atoms with Gasteiger partial charge in [0.1, 0.15) is 4.90 Å². The molecule has 0 radical (unpaired) electrons. The van der Waals surface area contributed by atoms with Crippen LogP contribution in [0, 0.1) is 0 Å². The lowest BCUT2D eigenvalue weighted by Crippen LogP contribution is -2.14. The Balaban J connectivity index is 2.07. The molecule has 0 saturated heterocycles. The molecule has 0 aliphatic carbocycles. The predicted molar refractivity (Wildman–Crippen MR) is 99.9 cm³/mol. The molecule has 4 nitrogen and oxygen atoms in total. The summed E-state index contributed by atoms with van der Waals surface area (Å²) in [5.41, 5.74) is 6.46.